The second kappa shape index (κ2) is 6.04. The molecule has 0 saturated heterocycles. The Kier molecular flexibility index (Phi) is 4.39. The van der Waals surface area contributed by atoms with Crippen molar-refractivity contribution < 1.29 is 0 Å². The molecule has 0 amide bonds. The molecule has 1 aliphatic rings. The maximum absolute atomic E-state index is 4.44. The minimum Gasteiger partial charge on any atom is -0.354 e. The lowest BCUT2D eigenvalue weighted by Crippen LogP contribution is -2.21. The number of nitrogens with zero attached hydrogens (tertiary/aromatic N) is 4. The van der Waals surface area contributed by atoms with Crippen LogP contribution in [0.1, 0.15) is 33.1 Å². The number of hydrogen-bond acceptors (Lipinski definition) is 6. The van der Waals surface area contributed by atoms with Gasteiger partial charge in [-0.2, -0.15) is 15.0 Å². The Morgan fingerprint density at radius 2 is 1.89 bits per heavy atom. The SMILES string of the molecule is CCNc1nc(NC(C)CC2CC2)nc(N(C)C)n1. The van der Waals surface area contributed by atoms with Gasteiger partial charge in [0.1, 0.15) is 0 Å². The number of anilines is 3. The molecule has 0 bridgehead atoms. The minimum absolute atomic E-state index is 0.402. The van der Waals surface area contributed by atoms with E-state index in [0.717, 1.165) is 12.5 Å². The summed E-state index contributed by atoms with van der Waals surface area (Å²) in [4.78, 5) is 15.1. The molecule has 19 heavy (non-hydrogen) atoms. The van der Waals surface area contributed by atoms with Crippen LogP contribution in [0.3, 0.4) is 0 Å². The predicted molar refractivity (Wildman–Crippen MR) is 78.7 cm³/mol. The maximum atomic E-state index is 4.44. The van der Waals surface area contributed by atoms with Gasteiger partial charge >= 0.3 is 0 Å². The molecular weight excluding hydrogens is 240 g/mol. The van der Waals surface area contributed by atoms with Crippen LogP contribution in [0.25, 0.3) is 0 Å². The van der Waals surface area contributed by atoms with Crippen LogP contribution in [0.5, 0.6) is 0 Å². The highest BCUT2D eigenvalue weighted by atomic mass is 15.3. The van der Waals surface area contributed by atoms with E-state index < -0.39 is 0 Å². The van der Waals surface area contributed by atoms with Crippen LogP contribution >= 0.6 is 0 Å². The van der Waals surface area contributed by atoms with Crippen LogP contribution in [-0.4, -0.2) is 41.6 Å². The van der Waals surface area contributed by atoms with E-state index in [9.17, 15) is 0 Å². The van der Waals surface area contributed by atoms with E-state index in [2.05, 4.69) is 32.5 Å². The third-order valence-electron chi connectivity index (χ3n) is 3.12. The van der Waals surface area contributed by atoms with Crippen molar-refractivity contribution in [2.45, 2.75) is 39.2 Å². The van der Waals surface area contributed by atoms with Crippen molar-refractivity contribution in [2.24, 2.45) is 5.92 Å². The molecule has 1 unspecified atom stereocenters. The standard InChI is InChI=1S/C13H24N6/c1-5-14-11-16-12(18-13(17-11)19(3)4)15-9(2)8-10-6-7-10/h9-10H,5-8H2,1-4H3,(H2,14,15,16,17,18). The average Bonchev–Trinajstić information content (AvgIpc) is 3.12. The van der Waals surface area contributed by atoms with Gasteiger partial charge in [0.25, 0.3) is 0 Å². The fourth-order valence-corrected chi connectivity index (χ4v) is 2.00. The number of nitrogens with one attached hydrogen (secondary N) is 2. The van der Waals surface area contributed by atoms with Crippen LogP contribution in [0.2, 0.25) is 0 Å². The predicted octanol–water partition coefficient (Wildman–Crippen LogP) is 1.97. The van der Waals surface area contributed by atoms with Gasteiger partial charge in [-0.15, -0.1) is 0 Å². The zero-order valence-electron chi connectivity index (χ0n) is 12.3. The maximum Gasteiger partial charge on any atom is 0.231 e. The third kappa shape index (κ3) is 4.22. The van der Waals surface area contributed by atoms with Crippen molar-refractivity contribution in [1.82, 2.24) is 15.0 Å². The van der Waals surface area contributed by atoms with Crippen LogP contribution in [0.4, 0.5) is 17.8 Å². The van der Waals surface area contributed by atoms with Crippen LogP contribution in [-0.2, 0) is 0 Å². The smallest absolute Gasteiger partial charge is 0.231 e. The van der Waals surface area contributed by atoms with Crippen molar-refractivity contribution in [3.63, 3.8) is 0 Å². The molecule has 1 aliphatic carbocycles. The first kappa shape index (κ1) is 13.8. The molecule has 2 rings (SSSR count). The molecule has 1 aromatic rings. The molecule has 6 nitrogen and oxygen atoms in total. The van der Waals surface area contributed by atoms with E-state index in [0.29, 0.717) is 23.9 Å². The Bertz CT molecular complexity index is 416. The van der Waals surface area contributed by atoms with Crippen molar-refractivity contribution in [3.8, 4) is 0 Å². The molecule has 2 N–H and O–H groups in total. The van der Waals surface area contributed by atoms with Gasteiger partial charge in [0, 0.05) is 26.7 Å². The molecule has 0 spiro atoms. The second-order valence-electron chi connectivity index (χ2n) is 5.43. The first-order valence-electron chi connectivity index (χ1n) is 7.02. The minimum atomic E-state index is 0.402. The lowest BCUT2D eigenvalue weighted by Gasteiger charge is -2.16. The Labute approximate surface area is 115 Å². The van der Waals surface area contributed by atoms with E-state index in [4.69, 9.17) is 0 Å². The lowest BCUT2D eigenvalue weighted by atomic mass is 10.2. The van der Waals surface area contributed by atoms with E-state index in [1.807, 2.05) is 25.9 Å². The van der Waals surface area contributed by atoms with Gasteiger partial charge in [0.15, 0.2) is 0 Å². The Morgan fingerprint density at radius 1 is 1.21 bits per heavy atom. The van der Waals surface area contributed by atoms with Gasteiger partial charge in [-0.05, 0) is 26.2 Å². The molecule has 106 valence electrons. The van der Waals surface area contributed by atoms with Crippen LogP contribution in [0.15, 0.2) is 0 Å². The summed E-state index contributed by atoms with van der Waals surface area (Å²) in [6.45, 7) is 5.01. The summed E-state index contributed by atoms with van der Waals surface area (Å²) in [6.07, 6.45) is 3.93. The van der Waals surface area contributed by atoms with Crippen molar-refractivity contribution >= 4 is 17.8 Å². The highest BCUT2D eigenvalue weighted by Crippen LogP contribution is 2.33. The number of rotatable bonds is 7. The van der Waals surface area contributed by atoms with Gasteiger partial charge in [-0.25, -0.2) is 0 Å². The molecule has 1 atom stereocenters. The summed E-state index contributed by atoms with van der Waals surface area (Å²) in [5.74, 6) is 2.85. The Hall–Kier alpha value is -1.59. The van der Waals surface area contributed by atoms with Gasteiger partial charge < -0.3 is 15.5 Å². The molecule has 6 heteroatoms. The summed E-state index contributed by atoms with van der Waals surface area (Å²) in [5.41, 5.74) is 0. The molecule has 1 fully saturated rings. The molecule has 0 radical (unpaired) electrons. The normalized spacial score (nSPS) is 16.0. The first-order valence-corrected chi connectivity index (χ1v) is 7.02. The number of aromatic nitrogens is 3. The first-order chi connectivity index (χ1) is 9.08. The zero-order chi connectivity index (χ0) is 13.8. The van der Waals surface area contributed by atoms with Crippen molar-refractivity contribution in [2.75, 3.05) is 36.2 Å². The third-order valence-corrected chi connectivity index (χ3v) is 3.12. The van der Waals surface area contributed by atoms with Gasteiger partial charge in [0.2, 0.25) is 17.8 Å². The van der Waals surface area contributed by atoms with Crippen LogP contribution in [0, 0.1) is 5.92 Å². The average molecular weight is 264 g/mol. The van der Waals surface area contributed by atoms with Crippen molar-refractivity contribution in [1.29, 1.82) is 0 Å². The van der Waals surface area contributed by atoms with Gasteiger partial charge in [-0.1, -0.05) is 12.8 Å². The second-order valence-corrected chi connectivity index (χ2v) is 5.43. The van der Waals surface area contributed by atoms with E-state index in [1.165, 1.54) is 19.3 Å². The summed E-state index contributed by atoms with van der Waals surface area (Å²) in [6, 6.07) is 0.402. The lowest BCUT2D eigenvalue weighted by molar-refractivity contribution is 0.637. The molecule has 0 aliphatic heterocycles. The highest BCUT2D eigenvalue weighted by molar-refractivity contribution is 5.43. The topological polar surface area (TPSA) is 66.0 Å². The summed E-state index contributed by atoms with van der Waals surface area (Å²) >= 11 is 0. The van der Waals surface area contributed by atoms with E-state index in [1.54, 1.807) is 0 Å². The van der Waals surface area contributed by atoms with E-state index >= 15 is 0 Å². The Balaban J connectivity index is 2.07. The molecule has 1 aromatic heterocycles. The zero-order valence-corrected chi connectivity index (χ0v) is 12.3. The van der Waals surface area contributed by atoms with E-state index in [-0.39, 0.29) is 0 Å². The summed E-state index contributed by atoms with van der Waals surface area (Å²) < 4.78 is 0. The monoisotopic (exact) mass is 264 g/mol. The molecule has 1 heterocycles. The molecule has 1 saturated carbocycles. The van der Waals surface area contributed by atoms with Gasteiger partial charge in [0.05, 0.1) is 0 Å². The summed E-state index contributed by atoms with van der Waals surface area (Å²) in [5, 5.41) is 6.52. The fourth-order valence-electron chi connectivity index (χ4n) is 2.00. The highest BCUT2D eigenvalue weighted by Gasteiger charge is 2.24. The number of hydrogen-bond donors (Lipinski definition) is 2. The fraction of sp³-hybridized carbons (Fsp3) is 0.769. The molecule has 0 aromatic carbocycles. The van der Waals surface area contributed by atoms with Gasteiger partial charge in [-0.3, -0.25) is 0 Å². The molecular formula is C13H24N6. The summed E-state index contributed by atoms with van der Waals surface area (Å²) in [7, 11) is 3.87. The quantitative estimate of drug-likeness (QED) is 0.785. The van der Waals surface area contributed by atoms with Crippen LogP contribution < -0.4 is 15.5 Å². The Morgan fingerprint density at radius 3 is 2.47 bits per heavy atom. The van der Waals surface area contributed by atoms with Crippen molar-refractivity contribution in [3.05, 3.63) is 0 Å². The largest absolute Gasteiger partial charge is 0.354 e.